The first-order valence-electron chi connectivity index (χ1n) is 22.1. The summed E-state index contributed by atoms with van der Waals surface area (Å²) in [6.07, 6.45) is 18.1. The second-order valence-corrected chi connectivity index (χ2v) is 19.0. The van der Waals surface area contributed by atoms with E-state index in [4.69, 9.17) is 4.74 Å². The summed E-state index contributed by atoms with van der Waals surface area (Å²) in [7, 11) is 1.40. The Labute approximate surface area is 354 Å². The molecule has 0 spiro atoms. The third kappa shape index (κ3) is 15.8. The van der Waals surface area contributed by atoms with Crippen molar-refractivity contribution in [1.29, 1.82) is 0 Å². The van der Waals surface area contributed by atoms with E-state index in [2.05, 4.69) is 36.8 Å². The Bertz CT molecular complexity index is 1380. The van der Waals surface area contributed by atoms with E-state index in [-0.39, 0.29) is 54.0 Å². The predicted molar refractivity (Wildman–Crippen MR) is 233 cm³/mol. The van der Waals surface area contributed by atoms with Crippen molar-refractivity contribution in [2.75, 3.05) is 44.8 Å². The Morgan fingerprint density at radius 2 is 1.10 bits per heavy atom. The number of unbranched alkanes of at least 4 members (excludes halogenated alkanes) is 10. The van der Waals surface area contributed by atoms with Gasteiger partial charge in [0.1, 0.15) is 0 Å². The Hall–Kier alpha value is -3.17. The topological polar surface area (TPSA) is 170 Å². The number of fused-ring (bicyclic) bond motifs is 2. The van der Waals surface area contributed by atoms with Crippen LogP contribution in [0.2, 0.25) is 0 Å². The maximum atomic E-state index is 12.4. The first-order valence-corrected chi connectivity index (χ1v) is 24.2. The predicted octanol–water partition coefficient (Wildman–Crippen LogP) is 5.86. The highest BCUT2D eigenvalue weighted by Gasteiger charge is 2.43. The van der Waals surface area contributed by atoms with Gasteiger partial charge in [-0.2, -0.15) is 23.5 Å². The van der Waals surface area contributed by atoms with Crippen LogP contribution in [0.1, 0.15) is 131 Å². The molecular formula is C43H69N7O6S2. The van der Waals surface area contributed by atoms with Crippen LogP contribution in [0.5, 0.6) is 0 Å². The van der Waals surface area contributed by atoms with Crippen molar-refractivity contribution < 1.29 is 28.7 Å². The molecule has 0 aliphatic carbocycles. The molecule has 4 saturated heterocycles. The number of hydrogen-bond acceptors (Lipinski definition) is 9. The average Bonchev–Trinajstić information content (AvgIpc) is 3.98. The summed E-state index contributed by atoms with van der Waals surface area (Å²) in [5.74, 6) is 1.91. The number of carbonyl (C=O) groups is 5. The average molecular weight is 844 g/mol. The SMILES string of the molecule is COC(=O)c1ccc(CN(CCCCCCCNC(=O)CCCC[C@@H]2SC[C@@H]3NC(=O)N[C@@H]32)CCCCCCCNC(=O)CCCC[C@@H]2SC[C@@H]3NC(=O)N[C@@H]32)cc1. The maximum absolute atomic E-state index is 12.4. The Balaban J connectivity index is 0.865. The Kier molecular flexibility index (Phi) is 20.1. The van der Waals surface area contributed by atoms with Crippen molar-refractivity contribution in [3.63, 3.8) is 0 Å². The standard InChI is InChI=1S/C43H69N7O6S2/c1-56-41(53)32-22-20-31(21-23-32)28-50(26-14-6-2-4-12-24-44-37(51)18-10-8-16-35-39-33(29-57-35)46-42(54)48-39)27-15-7-3-5-13-25-45-38(52)19-11-9-17-36-40-34(30-58-36)47-43(55)49-40/h20-23,33-36,39-40H,2-19,24-30H2,1H3,(H,44,51)(H,45,52)(H2,46,48,54)(H2,47,49,55)/t33-,34-,35-,36-,39-,40-/m0/s1. The van der Waals surface area contributed by atoms with E-state index in [0.29, 0.717) is 28.9 Å². The van der Waals surface area contributed by atoms with Crippen molar-refractivity contribution in [2.24, 2.45) is 0 Å². The van der Waals surface area contributed by atoms with Gasteiger partial charge in [-0.25, -0.2) is 14.4 Å². The van der Waals surface area contributed by atoms with E-state index in [1.807, 2.05) is 47.8 Å². The van der Waals surface area contributed by atoms with Crippen LogP contribution in [-0.4, -0.2) is 114 Å². The molecule has 5 rings (SSSR count). The highest BCUT2D eigenvalue weighted by molar-refractivity contribution is 8.00. The third-order valence-corrected chi connectivity index (χ3v) is 14.9. The van der Waals surface area contributed by atoms with Gasteiger partial charge >= 0.3 is 18.0 Å². The fourth-order valence-corrected chi connectivity index (χ4v) is 11.6. The molecule has 0 saturated carbocycles. The van der Waals surface area contributed by atoms with Gasteiger partial charge in [0.2, 0.25) is 11.8 Å². The Morgan fingerprint density at radius 1 is 0.638 bits per heavy atom. The molecule has 4 aliphatic heterocycles. The highest BCUT2D eigenvalue weighted by Crippen LogP contribution is 2.34. The van der Waals surface area contributed by atoms with Gasteiger partial charge in [0.05, 0.1) is 36.8 Å². The minimum absolute atomic E-state index is 0.0475. The molecule has 6 atom stereocenters. The van der Waals surface area contributed by atoms with Gasteiger partial charge in [-0.1, -0.05) is 63.5 Å². The van der Waals surface area contributed by atoms with Gasteiger partial charge < -0.3 is 36.6 Å². The van der Waals surface area contributed by atoms with E-state index in [0.717, 1.165) is 147 Å². The number of esters is 1. The number of carbonyl (C=O) groups excluding carboxylic acids is 5. The lowest BCUT2D eigenvalue weighted by atomic mass is 10.0. The third-order valence-electron chi connectivity index (χ3n) is 11.9. The van der Waals surface area contributed by atoms with Gasteiger partial charge in [0.25, 0.3) is 0 Å². The number of thioether (sulfide) groups is 2. The van der Waals surface area contributed by atoms with Gasteiger partial charge in [-0.3, -0.25) is 14.5 Å². The quantitative estimate of drug-likeness (QED) is 0.0329. The number of rotatable bonds is 29. The lowest BCUT2D eigenvalue weighted by Crippen LogP contribution is -2.36. The smallest absolute Gasteiger partial charge is 0.337 e. The van der Waals surface area contributed by atoms with E-state index in [1.54, 1.807) is 0 Å². The largest absolute Gasteiger partial charge is 0.465 e. The fourth-order valence-electron chi connectivity index (χ4n) is 8.55. The van der Waals surface area contributed by atoms with Crippen molar-refractivity contribution in [3.8, 4) is 0 Å². The zero-order valence-electron chi connectivity index (χ0n) is 34.7. The summed E-state index contributed by atoms with van der Waals surface area (Å²) in [6.45, 7) is 4.38. The number of ether oxygens (including phenoxy) is 1. The number of urea groups is 2. The second kappa shape index (κ2) is 25.5. The van der Waals surface area contributed by atoms with E-state index in [1.165, 1.54) is 12.7 Å². The monoisotopic (exact) mass is 843 g/mol. The summed E-state index contributed by atoms with van der Waals surface area (Å²) in [6, 6.07) is 8.61. The molecule has 4 aliphatic rings. The first kappa shape index (κ1) is 45.9. The van der Waals surface area contributed by atoms with Gasteiger partial charge in [-0.05, 0) is 82.2 Å². The Morgan fingerprint density at radius 3 is 1.59 bits per heavy atom. The van der Waals surface area contributed by atoms with Crippen molar-refractivity contribution in [3.05, 3.63) is 35.4 Å². The minimum Gasteiger partial charge on any atom is -0.465 e. The van der Waals surface area contributed by atoms with Crippen LogP contribution in [0.15, 0.2) is 24.3 Å². The van der Waals surface area contributed by atoms with Crippen LogP contribution in [0.4, 0.5) is 9.59 Å². The maximum Gasteiger partial charge on any atom is 0.337 e. The highest BCUT2D eigenvalue weighted by atomic mass is 32.2. The number of methoxy groups -OCH3 is 1. The molecular weight excluding hydrogens is 775 g/mol. The molecule has 0 aromatic heterocycles. The van der Waals surface area contributed by atoms with Crippen molar-refractivity contribution >= 4 is 53.4 Å². The number of amides is 6. The molecule has 1 aromatic carbocycles. The molecule has 13 nitrogen and oxygen atoms in total. The zero-order chi connectivity index (χ0) is 41.0. The molecule has 1 aromatic rings. The van der Waals surface area contributed by atoms with Crippen molar-refractivity contribution in [1.82, 2.24) is 36.8 Å². The van der Waals surface area contributed by atoms with E-state index >= 15 is 0 Å². The molecule has 0 unspecified atom stereocenters. The van der Waals surface area contributed by atoms with Gasteiger partial charge in [0.15, 0.2) is 0 Å². The summed E-state index contributed by atoms with van der Waals surface area (Å²) in [5, 5.41) is 19.1. The van der Waals surface area contributed by atoms with Gasteiger partial charge in [-0.15, -0.1) is 0 Å². The summed E-state index contributed by atoms with van der Waals surface area (Å²) in [5.41, 5.74) is 1.76. The van der Waals surface area contributed by atoms with Crippen LogP contribution < -0.4 is 31.9 Å². The summed E-state index contributed by atoms with van der Waals surface area (Å²) in [4.78, 5) is 62.3. The molecule has 6 amide bonds. The molecule has 6 N–H and O–H groups in total. The molecule has 324 valence electrons. The lowest BCUT2D eigenvalue weighted by molar-refractivity contribution is -0.122. The number of nitrogens with one attached hydrogen (secondary N) is 6. The second-order valence-electron chi connectivity index (χ2n) is 16.4. The molecule has 4 fully saturated rings. The molecule has 0 bridgehead atoms. The molecule has 0 radical (unpaired) electrons. The van der Waals surface area contributed by atoms with E-state index in [9.17, 15) is 24.0 Å². The molecule has 4 heterocycles. The molecule has 15 heteroatoms. The fraction of sp³-hybridized carbons (Fsp3) is 0.744. The lowest BCUT2D eigenvalue weighted by Gasteiger charge is -2.22. The van der Waals surface area contributed by atoms with Gasteiger partial charge in [0, 0.05) is 54.5 Å². The van der Waals surface area contributed by atoms with Crippen LogP contribution in [0.25, 0.3) is 0 Å². The van der Waals surface area contributed by atoms with Crippen LogP contribution in [0, 0.1) is 0 Å². The van der Waals surface area contributed by atoms with Crippen LogP contribution in [0.3, 0.4) is 0 Å². The number of hydrogen-bond donors (Lipinski definition) is 6. The van der Waals surface area contributed by atoms with Crippen LogP contribution >= 0.6 is 23.5 Å². The number of nitrogens with zero attached hydrogens (tertiary/aromatic N) is 1. The summed E-state index contributed by atoms with van der Waals surface area (Å²) >= 11 is 3.85. The normalized spacial score (nSPS) is 23.1. The van der Waals surface area contributed by atoms with Crippen molar-refractivity contribution in [2.45, 2.75) is 157 Å². The van der Waals surface area contributed by atoms with E-state index < -0.39 is 0 Å². The first-order chi connectivity index (χ1) is 28.3. The minimum atomic E-state index is -0.318. The van der Waals surface area contributed by atoms with Crippen LogP contribution in [-0.2, 0) is 20.9 Å². The number of benzene rings is 1. The summed E-state index contributed by atoms with van der Waals surface area (Å²) < 4.78 is 4.86. The molecule has 58 heavy (non-hydrogen) atoms. The zero-order valence-corrected chi connectivity index (χ0v) is 36.3.